The fraction of sp³-hybridized carbons (Fsp3) is 0.100. The predicted octanol–water partition coefficient (Wildman–Crippen LogP) is 3.05. The maximum Gasteiger partial charge on any atom is 0.167 e. The summed E-state index contributed by atoms with van der Waals surface area (Å²) in [6, 6.07) is 5.70. The Morgan fingerprint density at radius 3 is 2.92 bits per heavy atom. The van der Waals surface area contributed by atoms with Gasteiger partial charge in [-0.25, -0.2) is 0 Å². The minimum absolute atomic E-state index is 0.203. The Bertz CT molecular complexity index is 366. The predicted molar refractivity (Wildman–Crippen MR) is 52.1 cm³/mol. The second-order valence-electron chi connectivity index (χ2n) is 2.73. The molecule has 1 aliphatic rings. The fourth-order valence-corrected chi connectivity index (χ4v) is 1.84. The van der Waals surface area contributed by atoms with E-state index < -0.39 is 0 Å². The Hall–Kier alpha value is -0.890. The molecule has 1 aromatic carbocycles. The topological polar surface area (TPSA) is 17.1 Å². The summed E-state index contributed by atoms with van der Waals surface area (Å²) in [7, 11) is 0. The number of carbonyl (C=O) groups is 1. The second-order valence-corrected chi connectivity index (χ2v) is 3.59. The van der Waals surface area contributed by atoms with E-state index in [0.717, 1.165) is 15.6 Å². The number of hydrogen-bond donors (Lipinski definition) is 0. The first-order valence-corrected chi connectivity index (χ1v) is 4.56. The first-order valence-electron chi connectivity index (χ1n) is 3.77. The molecular formula is C10H7BrO. The molecule has 0 amide bonds. The van der Waals surface area contributed by atoms with Gasteiger partial charge in [0.2, 0.25) is 0 Å². The molecular weight excluding hydrogens is 216 g/mol. The summed E-state index contributed by atoms with van der Waals surface area (Å²) in [5, 5.41) is 0. The molecule has 0 bridgehead atoms. The Morgan fingerprint density at radius 1 is 1.33 bits per heavy atom. The van der Waals surface area contributed by atoms with Crippen molar-refractivity contribution in [3.63, 3.8) is 0 Å². The van der Waals surface area contributed by atoms with Gasteiger partial charge in [-0.3, -0.25) is 4.79 Å². The van der Waals surface area contributed by atoms with Crippen molar-refractivity contribution in [1.29, 1.82) is 0 Å². The van der Waals surface area contributed by atoms with Crippen molar-refractivity contribution < 1.29 is 4.79 Å². The van der Waals surface area contributed by atoms with E-state index >= 15 is 0 Å². The van der Waals surface area contributed by atoms with Crippen LogP contribution in [0.15, 0.2) is 28.7 Å². The molecule has 0 spiro atoms. The van der Waals surface area contributed by atoms with E-state index in [9.17, 15) is 4.79 Å². The highest BCUT2D eigenvalue weighted by atomic mass is 79.9. The lowest BCUT2D eigenvalue weighted by atomic mass is 9.97. The van der Waals surface area contributed by atoms with Gasteiger partial charge in [-0.1, -0.05) is 40.2 Å². The number of Topliss-reactive ketones (excluding diaryl/α,β-unsaturated/α-hetero) is 1. The highest BCUT2D eigenvalue weighted by Gasteiger charge is 2.13. The Kier molecular flexibility index (Phi) is 1.85. The summed E-state index contributed by atoms with van der Waals surface area (Å²) in [4.78, 5) is 11.4. The number of fused-ring (bicyclic) bond motifs is 1. The average molecular weight is 223 g/mol. The van der Waals surface area contributed by atoms with Crippen molar-refractivity contribution in [2.75, 3.05) is 0 Å². The van der Waals surface area contributed by atoms with Crippen molar-refractivity contribution >= 4 is 27.8 Å². The first kappa shape index (κ1) is 7.74. The van der Waals surface area contributed by atoms with Gasteiger partial charge >= 0.3 is 0 Å². The largest absolute Gasteiger partial charge is 0.294 e. The normalized spacial score (nSPS) is 14.6. The highest BCUT2D eigenvalue weighted by molar-refractivity contribution is 9.10. The van der Waals surface area contributed by atoms with Crippen molar-refractivity contribution in [3.05, 3.63) is 39.9 Å². The van der Waals surface area contributed by atoms with Crippen molar-refractivity contribution in [2.24, 2.45) is 0 Å². The van der Waals surface area contributed by atoms with Crippen LogP contribution in [0.4, 0.5) is 0 Å². The quantitative estimate of drug-likeness (QED) is 0.660. The second kappa shape index (κ2) is 2.87. The summed E-state index contributed by atoms with van der Waals surface area (Å²) in [5.41, 5.74) is 1.83. The number of carbonyl (C=O) groups excluding carboxylic acids is 1. The Morgan fingerprint density at radius 2 is 2.17 bits per heavy atom. The third-order valence-electron chi connectivity index (χ3n) is 1.94. The molecule has 12 heavy (non-hydrogen) atoms. The molecule has 0 saturated heterocycles. The summed E-state index contributed by atoms with van der Waals surface area (Å²) in [6.07, 6.45) is 4.42. The molecule has 0 aromatic heterocycles. The molecule has 1 aliphatic carbocycles. The lowest BCUT2D eigenvalue weighted by Gasteiger charge is -2.09. The molecule has 0 aliphatic heterocycles. The van der Waals surface area contributed by atoms with Gasteiger partial charge in [0.05, 0.1) is 0 Å². The SMILES string of the molecule is O=C1CC=Cc2c(Br)cccc21. The number of rotatable bonds is 0. The molecule has 0 radical (unpaired) electrons. The summed E-state index contributed by atoms with van der Waals surface area (Å²) < 4.78 is 0.990. The van der Waals surface area contributed by atoms with E-state index in [1.54, 1.807) is 0 Å². The summed E-state index contributed by atoms with van der Waals surface area (Å²) >= 11 is 3.41. The molecule has 0 fully saturated rings. The molecule has 0 saturated carbocycles. The minimum Gasteiger partial charge on any atom is -0.294 e. The lowest BCUT2D eigenvalue weighted by Crippen LogP contribution is -2.04. The van der Waals surface area contributed by atoms with Gasteiger partial charge in [0, 0.05) is 16.5 Å². The highest BCUT2D eigenvalue weighted by Crippen LogP contribution is 2.26. The van der Waals surface area contributed by atoms with Gasteiger partial charge in [0.25, 0.3) is 0 Å². The van der Waals surface area contributed by atoms with Crippen LogP contribution in [-0.4, -0.2) is 5.78 Å². The van der Waals surface area contributed by atoms with Crippen LogP contribution in [0.3, 0.4) is 0 Å². The van der Waals surface area contributed by atoms with Gasteiger partial charge in [-0.2, -0.15) is 0 Å². The van der Waals surface area contributed by atoms with Crippen LogP contribution in [-0.2, 0) is 0 Å². The third-order valence-corrected chi connectivity index (χ3v) is 2.63. The molecule has 0 unspecified atom stereocenters. The smallest absolute Gasteiger partial charge is 0.167 e. The number of hydrogen-bond acceptors (Lipinski definition) is 1. The van der Waals surface area contributed by atoms with E-state index in [1.165, 1.54) is 0 Å². The minimum atomic E-state index is 0.203. The van der Waals surface area contributed by atoms with Crippen LogP contribution in [0.2, 0.25) is 0 Å². The van der Waals surface area contributed by atoms with Crippen molar-refractivity contribution in [1.82, 2.24) is 0 Å². The van der Waals surface area contributed by atoms with Gasteiger partial charge in [-0.05, 0) is 11.6 Å². The summed E-state index contributed by atoms with van der Waals surface area (Å²) in [6.45, 7) is 0. The number of halogens is 1. The van der Waals surface area contributed by atoms with Crippen molar-refractivity contribution in [2.45, 2.75) is 6.42 Å². The molecule has 1 aromatic rings. The van der Waals surface area contributed by atoms with E-state index in [0.29, 0.717) is 6.42 Å². The molecule has 2 heteroatoms. The van der Waals surface area contributed by atoms with Crippen LogP contribution in [0.5, 0.6) is 0 Å². The molecule has 0 N–H and O–H groups in total. The Balaban J connectivity index is 2.69. The van der Waals surface area contributed by atoms with Gasteiger partial charge in [-0.15, -0.1) is 0 Å². The maximum atomic E-state index is 11.4. The third kappa shape index (κ3) is 1.12. The van der Waals surface area contributed by atoms with E-state index in [1.807, 2.05) is 30.4 Å². The Labute approximate surface area is 79.2 Å². The fourth-order valence-electron chi connectivity index (χ4n) is 1.34. The van der Waals surface area contributed by atoms with Gasteiger partial charge in [0.1, 0.15) is 0 Å². The zero-order chi connectivity index (χ0) is 8.55. The van der Waals surface area contributed by atoms with Crippen LogP contribution < -0.4 is 0 Å². The van der Waals surface area contributed by atoms with Crippen LogP contribution >= 0.6 is 15.9 Å². The number of benzene rings is 1. The molecule has 2 rings (SSSR count). The zero-order valence-electron chi connectivity index (χ0n) is 6.38. The molecule has 60 valence electrons. The average Bonchev–Trinajstić information content (AvgIpc) is 2.07. The monoisotopic (exact) mass is 222 g/mol. The van der Waals surface area contributed by atoms with Crippen LogP contribution in [0, 0.1) is 0 Å². The molecule has 1 nitrogen and oxygen atoms in total. The summed E-state index contributed by atoms with van der Waals surface area (Å²) in [5.74, 6) is 0.203. The maximum absolute atomic E-state index is 11.4. The standard InChI is InChI=1S/C10H7BrO/c11-9-5-1-4-8-7(9)3-2-6-10(8)12/h1-5H,6H2. The van der Waals surface area contributed by atoms with E-state index in [-0.39, 0.29) is 5.78 Å². The van der Waals surface area contributed by atoms with E-state index in [2.05, 4.69) is 15.9 Å². The van der Waals surface area contributed by atoms with Crippen LogP contribution in [0.1, 0.15) is 22.3 Å². The van der Waals surface area contributed by atoms with E-state index in [4.69, 9.17) is 0 Å². The molecule has 0 atom stereocenters. The lowest BCUT2D eigenvalue weighted by molar-refractivity contribution is 0.0994. The number of allylic oxidation sites excluding steroid dienone is 1. The first-order chi connectivity index (χ1) is 5.79. The van der Waals surface area contributed by atoms with Gasteiger partial charge in [0.15, 0.2) is 5.78 Å². The zero-order valence-corrected chi connectivity index (χ0v) is 7.97. The van der Waals surface area contributed by atoms with Crippen molar-refractivity contribution in [3.8, 4) is 0 Å². The number of ketones is 1. The molecule has 0 heterocycles. The van der Waals surface area contributed by atoms with Crippen LogP contribution in [0.25, 0.3) is 6.08 Å². The van der Waals surface area contributed by atoms with Gasteiger partial charge < -0.3 is 0 Å².